The molecule has 232 valence electrons. The summed E-state index contributed by atoms with van der Waals surface area (Å²) in [5.41, 5.74) is 18.0. The molecule has 0 bridgehead atoms. The number of hydrogen-bond acceptors (Lipinski definition) is 9. The number of aromatic nitrogens is 2. The molecule has 0 aliphatic heterocycles. The third kappa shape index (κ3) is 6.67. The number of benzene rings is 5. The Balaban J connectivity index is 1.36. The highest BCUT2D eigenvalue weighted by Gasteiger charge is 2.20. The predicted molar refractivity (Wildman–Crippen MR) is 175 cm³/mol. The first-order chi connectivity index (χ1) is 21.8. The Hall–Kier alpha value is -5.34. The van der Waals surface area contributed by atoms with Crippen molar-refractivity contribution >= 4 is 42.6 Å². The zero-order valence-electron chi connectivity index (χ0n) is 23.9. The average molecular weight is 655 g/mol. The predicted octanol–water partition coefficient (Wildman–Crippen LogP) is 6.00. The van der Waals surface area contributed by atoms with E-state index >= 15 is 0 Å². The second-order valence-electron chi connectivity index (χ2n) is 10.5. The Labute approximate surface area is 264 Å². The Morgan fingerprint density at radius 1 is 0.587 bits per heavy atom. The molecule has 0 saturated heterocycles. The maximum Gasteiger partial charge on any atom is 0.298 e. The van der Waals surface area contributed by atoms with E-state index in [1.54, 1.807) is 48.5 Å². The molecule has 0 fully saturated rings. The quantitative estimate of drug-likeness (QED) is 0.111. The minimum absolute atomic E-state index is 0.113. The van der Waals surface area contributed by atoms with Crippen LogP contribution in [0.5, 0.6) is 11.5 Å². The maximum absolute atomic E-state index is 12.4. The molecule has 0 spiro atoms. The number of anilines is 2. The van der Waals surface area contributed by atoms with Crippen LogP contribution in [0.25, 0.3) is 33.5 Å². The van der Waals surface area contributed by atoms with Gasteiger partial charge in [0.25, 0.3) is 20.2 Å². The molecule has 5 aromatic carbocycles. The molecule has 1 heterocycles. The first-order valence-electron chi connectivity index (χ1n) is 13.7. The third-order valence-corrected chi connectivity index (χ3v) is 8.89. The van der Waals surface area contributed by atoms with Crippen LogP contribution < -0.4 is 16.2 Å². The van der Waals surface area contributed by atoms with Crippen molar-refractivity contribution in [3.05, 3.63) is 120 Å². The largest absolute Gasteiger partial charge is 0.456 e. The van der Waals surface area contributed by atoms with Gasteiger partial charge in [-0.15, -0.1) is 0 Å². The van der Waals surface area contributed by atoms with E-state index in [-0.39, 0.29) is 22.8 Å². The Morgan fingerprint density at radius 3 is 1.67 bits per heavy atom. The summed E-state index contributed by atoms with van der Waals surface area (Å²) >= 11 is 0. The van der Waals surface area contributed by atoms with Gasteiger partial charge in [-0.2, -0.15) is 16.8 Å². The highest BCUT2D eigenvalue weighted by molar-refractivity contribution is 7.86. The van der Waals surface area contributed by atoms with E-state index in [1.807, 2.05) is 24.3 Å². The molecule has 11 nitrogen and oxygen atoms in total. The molecule has 0 aliphatic carbocycles. The second kappa shape index (κ2) is 11.9. The lowest BCUT2D eigenvalue weighted by atomic mass is 10.0. The summed E-state index contributed by atoms with van der Waals surface area (Å²) in [6, 6.07) is 29.2. The fourth-order valence-electron chi connectivity index (χ4n) is 4.87. The summed E-state index contributed by atoms with van der Waals surface area (Å²) in [5, 5.41) is 0. The summed E-state index contributed by atoms with van der Waals surface area (Å²) < 4.78 is 72.6. The standard InChI is InChI=1S/C33H26N4O7S2/c34-24-8-4-22(5-9-24)32-33(23-6-10-25(35)11-7-23)37-29-19-26(12-15-28(29)36-32)44-30-16-3-21(18-31(30)46(41,42)43)17-20-1-13-27(14-2-20)45(38,39)40/h1-16,18-19H,17,34-35H2,(H,38,39,40)(H,41,42,43). The monoisotopic (exact) mass is 654 g/mol. The van der Waals surface area contributed by atoms with Crippen LogP contribution in [0.15, 0.2) is 119 Å². The maximum atomic E-state index is 12.4. The summed E-state index contributed by atoms with van der Waals surface area (Å²) in [6.45, 7) is 0. The van der Waals surface area contributed by atoms with Gasteiger partial charge >= 0.3 is 0 Å². The van der Waals surface area contributed by atoms with Crippen molar-refractivity contribution in [3.63, 3.8) is 0 Å². The van der Waals surface area contributed by atoms with E-state index < -0.39 is 25.1 Å². The van der Waals surface area contributed by atoms with Gasteiger partial charge in [-0.25, -0.2) is 9.97 Å². The van der Waals surface area contributed by atoms with Crippen molar-refractivity contribution in [3.8, 4) is 34.0 Å². The number of rotatable bonds is 8. The van der Waals surface area contributed by atoms with Crippen LogP contribution in [0.1, 0.15) is 11.1 Å². The molecule has 0 radical (unpaired) electrons. The molecule has 0 amide bonds. The molecule has 6 aromatic rings. The van der Waals surface area contributed by atoms with Gasteiger partial charge in [0.2, 0.25) is 0 Å². The minimum Gasteiger partial charge on any atom is -0.456 e. The van der Waals surface area contributed by atoms with Crippen LogP contribution in [0.4, 0.5) is 11.4 Å². The number of hydrogen-bond donors (Lipinski definition) is 4. The van der Waals surface area contributed by atoms with Crippen molar-refractivity contribution in [2.45, 2.75) is 16.2 Å². The fraction of sp³-hybridized carbons (Fsp3) is 0.0303. The average Bonchev–Trinajstić information content (AvgIpc) is 3.01. The number of nitrogens with zero attached hydrogens (tertiary/aromatic N) is 2. The van der Waals surface area contributed by atoms with Gasteiger partial charge in [0.05, 0.1) is 27.3 Å². The van der Waals surface area contributed by atoms with Gasteiger partial charge in [0.15, 0.2) is 0 Å². The van der Waals surface area contributed by atoms with Crippen LogP contribution in [0, 0.1) is 0 Å². The van der Waals surface area contributed by atoms with E-state index in [0.717, 1.165) is 11.1 Å². The minimum atomic E-state index is -4.71. The van der Waals surface area contributed by atoms with Gasteiger partial charge in [0.1, 0.15) is 16.4 Å². The summed E-state index contributed by atoms with van der Waals surface area (Å²) in [5.74, 6) is 0.140. The summed E-state index contributed by atoms with van der Waals surface area (Å²) in [4.78, 5) is 9.05. The van der Waals surface area contributed by atoms with Crippen LogP contribution in [0.3, 0.4) is 0 Å². The van der Waals surface area contributed by atoms with Gasteiger partial charge in [-0.05, 0) is 78.2 Å². The molecule has 1 aromatic heterocycles. The van der Waals surface area contributed by atoms with Crippen LogP contribution in [0.2, 0.25) is 0 Å². The lowest BCUT2D eigenvalue weighted by Gasteiger charge is -2.14. The molecule has 0 saturated carbocycles. The van der Waals surface area contributed by atoms with Gasteiger partial charge in [-0.1, -0.05) is 42.5 Å². The topological polar surface area (TPSA) is 196 Å². The molecule has 13 heteroatoms. The van der Waals surface area contributed by atoms with Crippen molar-refractivity contribution in [2.24, 2.45) is 0 Å². The molecule has 0 unspecified atom stereocenters. The normalized spacial score (nSPS) is 11.9. The van der Waals surface area contributed by atoms with E-state index in [2.05, 4.69) is 0 Å². The lowest BCUT2D eigenvalue weighted by molar-refractivity contribution is 0.450. The van der Waals surface area contributed by atoms with Crippen molar-refractivity contribution in [2.75, 3.05) is 11.5 Å². The number of nitrogens with two attached hydrogens (primary N) is 2. The molecule has 6 N–H and O–H groups in total. The summed E-state index contributed by atoms with van der Waals surface area (Å²) in [7, 11) is -9.06. The number of fused-ring (bicyclic) bond motifs is 1. The van der Waals surface area contributed by atoms with Gasteiger partial charge < -0.3 is 16.2 Å². The van der Waals surface area contributed by atoms with Crippen molar-refractivity contribution in [1.29, 1.82) is 0 Å². The van der Waals surface area contributed by atoms with Gasteiger partial charge in [-0.3, -0.25) is 9.11 Å². The van der Waals surface area contributed by atoms with E-state index in [0.29, 0.717) is 44.9 Å². The Bertz CT molecular complexity index is 2310. The first kappa shape index (κ1) is 30.7. The van der Waals surface area contributed by atoms with Crippen LogP contribution >= 0.6 is 0 Å². The Morgan fingerprint density at radius 2 is 1.13 bits per heavy atom. The molecule has 0 aliphatic rings. The fourth-order valence-corrected chi connectivity index (χ4v) is 6.02. The van der Waals surface area contributed by atoms with Crippen LogP contribution in [-0.4, -0.2) is 35.9 Å². The van der Waals surface area contributed by atoms with E-state index in [1.165, 1.54) is 36.4 Å². The molecule has 6 rings (SSSR count). The van der Waals surface area contributed by atoms with E-state index in [9.17, 15) is 25.9 Å². The third-order valence-electron chi connectivity index (χ3n) is 7.15. The second-order valence-corrected chi connectivity index (χ2v) is 13.3. The van der Waals surface area contributed by atoms with Gasteiger partial charge in [0, 0.05) is 28.6 Å². The Kier molecular flexibility index (Phi) is 7.92. The molecular formula is C33H26N4O7S2. The van der Waals surface area contributed by atoms with Crippen molar-refractivity contribution < 1.29 is 30.7 Å². The zero-order valence-corrected chi connectivity index (χ0v) is 25.5. The molecular weight excluding hydrogens is 629 g/mol. The highest BCUT2D eigenvalue weighted by atomic mass is 32.2. The van der Waals surface area contributed by atoms with Crippen LogP contribution in [-0.2, 0) is 26.7 Å². The number of nitrogen functional groups attached to an aromatic ring is 2. The number of ether oxygens (including phenoxy) is 1. The highest BCUT2D eigenvalue weighted by Crippen LogP contribution is 2.35. The smallest absolute Gasteiger partial charge is 0.298 e. The molecule has 0 atom stereocenters. The molecule has 46 heavy (non-hydrogen) atoms. The lowest BCUT2D eigenvalue weighted by Crippen LogP contribution is -2.03. The van der Waals surface area contributed by atoms with Crippen molar-refractivity contribution in [1.82, 2.24) is 9.97 Å². The van der Waals surface area contributed by atoms with E-state index in [4.69, 9.17) is 26.2 Å². The first-order valence-corrected chi connectivity index (χ1v) is 16.6. The SMILES string of the molecule is Nc1ccc(-c2nc3ccc(Oc4ccc(Cc5ccc(S(=O)(=O)O)cc5)cc4S(=O)(=O)O)cc3nc2-c2ccc(N)cc2)cc1. The zero-order chi connectivity index (χ0) is 32.6. The summed E-state index contributed by atoms with van der Waals surface area (Å²) in [6.07, 6.45) is 0.213.